The number of aliphatic carboxylic acids is 1. The quantitative estimate of drug-likeness (QED) is 0.519. The third-order valence-corrected chi connectivity index (χ3v) is 10.3. The predicted octanol–water partition coefficient (Wildman–Crippen LogP) is 3.28. The normalized spacial score (nSPS) is 30.7. The summed E-state index contributed by atoms with van der Waals surface area (Å²) in [5.41, 5.74) is 1.48. The molecule has 3 aliphatic heterocycles. The van der Waals surface area contributed by atoms with Gasteiger partial charge in [0.1, 0.15) is 11.9 Å². The second-order valence-corrected chi connectivity index (χ2v) is 13.0. The number of carboxylic acids is 1. The molecule has 2 saturated heterocycles. The van der Waals surface area contributed by atoms with Gasteiger partial charge in [-0.3, -0.25) is 9.89 Å². The number of nitriles is 1. The fourth-order valence-electron chi connectivity index (χ4n) is 7.68. The number of nitrogens with zero attached hydrogens (tertiary/aromatic N) is 6. The maximum atomic E-state index is 14.6. The number of hydrogen-bond donors (Lipinski definition) is 2. The Hall–Kier alpha value is -3.82. The van der Waals surface area contributed by atoms with E-state index in [1.807, 2.05) is 15.2 Å². The molecule has 2 N–H and O–H groups in total. The number of carbonyl (C=O) groups excluding carboxylic acids is 1. The highest BCUT2D eigenvalue weighted by Crippen LogP contribution is 2.71. The van der Waals surface area contributed by atoms with Gasteiger partial charge in [0.25, 0.3) is 0 Å². The van der Waals surface area contributed by atoms with Crippen molar-refractivity contribution in [3.05, 3.63) is 63.0 Å². The Labute approximate surface area is 240 Å². The minimum absolute atomic E-state index is 0.0167. The van der Waals surface area contributed by atoms with E-state index in [1.54, 1.807) is 25.3 Å². The van der Waals surface area contributed by atoms with Crippen LogP contribution in [0.3, 0.4) is 0 Å². The molecule has 3 aliphatic carbocycles. The number of thiazole rings is 1. The van der Waals surface area contributed by atoms with Crippen LogP contribution in [0, 0.1) is 29.5 Å². The van der Waals surface area contributed by atoms with Crippen molar-refractivity contribution in [1.29, 1.82) is 5.26 Å². The Morgan fingerprint density at radius 3 is 2.80 bits per heavy atom. The molecule has 2 aromatic rings. The number of urea groups is 1. The highest BCUT2D eigenvalue weighted by atomic mass is 32.1. The summed E-state index contributed by atoms with van der Waals surface area (Å²) < 4.78 is 14.6. The molecule has 1 aromatic heterocycles. The van der Waals surface area contributed by atoms with E-state index in [-0.39, 0.29) is 28.6 Å². The molecule has 2 bridgehead atoms. The molecule has 3 saturated carbocycles. The van der Waals surface area contributed by atoms with E-state index in [4.69, 9.17) is 10.3 Å². The van der Waals surface area contributed by atoms with Crippen LogP contribution in [0.5, 0.6) is 0 Å². The lowest BCUT2D eigenvalue weighted by Gasteiger charge is -2.72. The molecule has 2 atom stereocenters. The predicted molar refractivity (Wildman–Crippen MR) is 149 cm³/mol. The third-order valence-electron chi connectivity index (χ3n) is 9.55. The zero-order chi connectivity index (χ0) is 28.5. The Kier molecular flexibility index (Phi) is 5.96. The van der Waals surface area contributed by atoms with E-state index in [0.29, 0.717) is 66.8 Å². The number of amidine groups is 1. The highest BCUT2D eigenvalue weighted by Gasteiger charge is 2.72. The van der Waals surface area contributed by atoms with Crippen molar-refractivity contribution in [2.45, 2.75) is 50.2 Å². The summed E-state index contributed by atoms with van der Waals surface area (Å²) in [5, 5.41) is 25.2. The maximum absolute atomic E-state index is 14.6. The van der Waals surface area contributed by atoms with Crippen LogP contribution >= 0.6 is 11.3 Å². The van der Waals surface area contributed by atoms with Gasteiger partial charge in [-0.1, -0.05) is 12.1 Å². The monoisotopic (exact) mass is 575 g/mol. The number of fused-ring (bicyclic) bond motifs is 1. The molecule has 5 fully saturated rings. The summed E-state index contributed by atoms with van der Waals surface area (Å²) in [5.74, 6) is -1.06. The number of benzene rings is 1. The van der Waals surface area contributed by atoms with E-state index in [2.05, 4.69) is 21.3 Å². The van der Waals surface area contributed by atoms with Gasteiger partial charge >= 0.3 is 12.0 Å². The van der Waals surface area contributed by atoms with Crippen molar-refractivity contribution in [1.82, 2.24) is 25.0 Å². The summed E-state index contributed by atoms with van der Waals surface area (Å²) in [7, 11) is 0. The summed E-state index contributed by atoms with van der Waals surface area (Å²) in [6.45, 7) is 4.40. The second kappa shape index (κ2) is 9.36. The fourth-order valence-corrected chi connectivity index (χ4v) is 8.27. The number of rotatable bonds is 7. The number of halogens is 1. The molecule has 8 rings (SSSR count). The second-order valence-electron chi connectivity index (χ2n) is 12.1. The van der Waals surface area contributed by atoms with Gasteiger partial charge in [0.2, 0.25) is 0 Å². The Balaban J connectivity index is 1.14. The molecule has 212 valence electrons. The zero-order valence-electron chi connectivity index (χ0n) is 22.6. The van der Waals surface area contributed by atoms with Gasteiger partial charge in [-0.25, -0.2) is 19.0 Å². The molecular formula is C29H30FN7O3S. The van der Waals surface area contributed by atoms with Gasteiger partial charge < -0.3 is 20.2 Å². The number of hydrogen-bond acceptors (Lipinski definition) is 8. The van der Waals surface area contributed by atoms with Crippen LogP contribution in [-0.4, -0.2) is 86.9 Å². The first-order chi connectivity index (χ1) is 19.7. The minimum atomic E-state index is -1.11. The average Bonchev–Trinajstić information content (AvgIpc) is 3.55. The summed E-state index contributed by atoms with van der Waals surface area (Å²) in [6, 6.07) is 6.17. The molecule has 0 spiro atoms. The Bertz CT molecular complexity index is 1530. The molecule has 2 amide bonds. The maximum Gasteiger partial charge on any atom is 0.335 e. The fraction of sp³-hybridized carbons (Fsp3) is 0.483. The lowest BCUT2D eigenvalue weighted by atomic mass is 9.38. The first-order valence-corrected chi connectivity index (χ1v) is 14.7. The van der Waals surface area contributed by atoms with Gasteiger partial charge in [0.05, 0.1) is 17.7 Å². The summed E-state index contributed by atoms with van der Waals surface area (Å²) in [6.07, 6.45) is 4.99. The Morgan fingerprint density at radius 1 is 1.29 bits per heavy atom. The van der Waals surface area contributed by atoms with Crippen molar-refractivity contribution in [2.24, 2.45) is 10.4 Å². The lowest BCUT2D eigenvalue weighted by Crippen LogP contribution is -2.74. The molecule has 41 heavy (non-hydrogen) atoms. The number of nitrogens with one attached hydrogen (secondary N) is 1. The van der Waals surface area contributed by atoms with E-state index < -0.39 is 17.8 Å². The van der Waals surface area contributed by atoms with Crippen molar-refractivity contribution in [2.75, 3.05) is 32.7 Å². The lowest BCUT2D eigenvalue weighted by molar-refractivity contribution is -0.196. The molecule has 6 aliphatic rings. The number of aromatic nitrogens is 1. The van der Waals surface area contributed by atoms with Crippen LogP contribution in [-0.2, 0) is 4.79 Å². The minimum Gasteiger partial charge on any atom is -0.478 e. The summed E-state index contributed by atoms with van der Waals surface area (Å²) >= 11 is 1.39. The zero-order valence-corrected chi connectivity index (χ0v) is 23.5. The molecule has 4 heterocycles. The van der Waals surface area contributed by atoms with Crippen LogP contribution in [0.15, 0.2) is 46.0 Å². The van der Waals surface area contributed by atoms with E-state index in [1.165, 1.54) is 17.4 Å². The van der Waals surface area contributed by atoms with Gasteiger partial charge in [-0.15, -0.1) is 11.3 Å². The third kappa shape index (κ3) is 4.05. The van der Waals surface area contributed by atoms with Crippen molar-refractivity contribution in [3.8, 4) is 6.07 Å². The number of carboxylic acid groups (broad SMARTS) is 1. The van der Waals surface area contributed by atoms with Gasteiger partial charge in [-0.05, 0) is 48.8 Å². The molecule has 12 heteroatoms. The largest absolute Gasteiger partial charge is 0.478 e. The van der Waals surface area contributed by atoms with Crippen LogP contribution < -0.4 is 5.32 Å². The number of piperazine rings is 1. The van der Waals surface area contributed by atoms with Crippen LogP contribution in [0.25, 0.3) is 0 Å². The van der Waals surface area contributed by atoms with Crippen molar-refractivity contribution < 1.29 is 19.1 Å². The number of carbonyl (C=O) groups is 2. The van der Waals surface area contributed by atoms with Crippen molar-refractivity contribution >= 4 is 29.2 Å². The van der Waals surface area contributed by atoms with Gasteiger partial charge in [0.15, 0.2) is 10.8 Å². The van der Waals surface area contributed by atoms with Gasteiger partial charge in [0, 0.05) is 62.0 Å². The number of aliphatic imine (C=N–C) groups is 1. The SMILES string of the molecule is Cc1c(F)cccc1[C@@H]1N=C(c2nccs2)NC(CN2CCN3C(=O)N(C45CC(CC#N)(C4)C5)C[C@@H]3C2)=C1C(=O)O. The average molecular weight is 576 g/mol. The van der Waals surface area contributed by atoms with E-state index in [9.17, 15) is 19.1 Å². The Morgan fingerprint density at radius 2 is 2.10 bits per heavy atom. The smallest absolute Gasteiger partial charge is 0.335 e. The first-order valence-electron chi connectivity index (χ1n) is 13.9. The van der Waals surface area contributed by atoms with Crippen LogP contribution in [0.4, 0.5) is 9.18 Å². The molecule has 0 radical (unpaired) electrons. The van der Waals surface area contributed by atoms with Crippen LogP contribution in [0.1, 0.15) is 47.9 Å². The molecule has 0 unspecified atom stereocenters. The summed E-state index contributed by atoms with van der Waals surface area (Å²) in [4.78, 5) is 41.3. The number of amides is 2. The van der Waals surface area contributed by atoms with Crippen molar-refractivity contribution in [3.63, 3.8) is 0 Å². The van der Waals surface area contributed by atoms with Crippen LogP contribution in [0.2, 0.25) is 0 Å². The molecular weight excluding hydrogens is 545 g/mol. The highest BCUT2D eigenvalue weighted by molar-refractivity contribution is 7.11. The molecule has 10 nitrogen and oxygen atoms in total. The van der Waals surface area contributed by atoms with E-state index in [0.717, 1.165) is 19.3 Å². The first kappa shape index (κ1) is 26.1. The standard InChI is InChI=1S/C29H30FN7O3S/c1-17-19(3-2-4-20(17)30)23-22(26(38)39)21(33-24(34-23)25-32-7-10-41-25)13-35-8-9-36-18(11-35)12-37(27(36)40)29-14-28(15-29,16-29)5-6-31/h2-4,7,10,18,23H,5,8-9,11-16H2,1H3,(H,33,34)(H,38,39)/t18-,23-,28?,29?/m0/s1. The molecule has 1 aromatic carbocycles. The topological polar surface area (TPSA) is 125 Å². The van der Waals surface area contributed by atoms with E-state index >= 15 is 0 Å². The van der Waals surface area contributed by atoms with Gasteiger partial charge in [-0.2, -0.15) is 5.26 Å².